The van der Waals surface area contributed by atoms with Crippen LogP contribution in [0.2, 0.25) is 0 Å². The van der Waals surface area contributed by atoms with Crippen molar-refractivity contribution < 1.29 is 13.9 Å². The number of amides is 1. The lowest BCUT2D eigenvalue weighted by atomic mass is 10.1. The molecule has 4 aromatic rings. The van der Waals surface area contributed by atoms with Crippen LogP contribution >= 0.6 is 0 Å². The van der Waals surface area contributed by atoms with E-state index >= 15 is 0 Å². The van der Waals surface area contributed by atoms with Gasteiger partial charge in [0.25, 0.3) is 0 Å². The summed E-state index contributed by atoms with van der Waals surface area (Å²) in [6, 6.07) is 20.2. The van der Waals surface area contributed by atoms with Gasteiger partial charge in [-0.25, -0.2) is 9.37 Å². The second kappa shape index (κ2) is 8.70. The highest BCUT2D eigenvalue weighted by molar-refractivity contribution is 5.96. The highest BCUT2D eigenvalue weighted by Gasteiger charge is 2.34. The van der Waals surface area contributed by atoms with E-state index in [9.17, 15) is 9.18 Å². The van der Waals surface area contributed by atoms with Crippen LogP contribution in [-0.2, 0) is 11.3 Å². The van der Waals surface area contributed by atoms with E-state index in [1.807, 2.05) is 24.3 Å². The monoisotopic (exact) mass is 443 g/mol. The number of halogens is 1. The average molecular weight is 444 g/mol. The van der Waals surface area contributed by atoms with Crippen LogP contribution in [0, 0.1) is 19.7 Å². The summed E-state index contributed by atoms with van der Waals surface area (Å²) in [4.78, 5) is 19.4. The Labute approximate surface area is 192 Å². The molecule has 1 fully saturated rings. The van der Waals surface area contributed by atoms with Gasteiger partial charge in [-0.2, -0.15) is 0 Å². The van der Waals surface area contributed by atoms with E-state index in [0.717, 1.165) is 33.7 Å². The molecule has 1 aromatic heterocycles. The first-order valence-electron chi connectivity index (χ1n) is 11.2. The van der Waals surface area contributed by atoms with E-state index in [4.69, 9.17) is 9.72 Å². The van der Waals surface area contributed by atoms with Gasteiger partial charge in [0, 0.05) is 24.6 Å². The number of rotatable bonds is 6. The molecule has 0 spiro atoms. The number of hydrogen-bond acceptors (Lipinski definition) is 3. The molecule has 3 aromatic carbocycles. The van der Waals surface area contributed by atoms with Crippen molar-refractivity contribution in [3.63, 3.8) is 0 Å². The molecule has 5 nitrogen and oxygen atoms in total. The molecule has 5 rings (SSSR count). The van der Waals surface area contributed by atoms with Gasteiger partial charge in [-0.05, 0) is 61.4 Å². The summed E-state index contributed by atoms with van der Waals surface area (Å²) in [6.45, 7) is 5.75. The fourth-order valence-corrected chi connectivity index (χ4v) is 4.66. The average Bonchev–Trinajstić information content (AvgIpc) is 3.37. The predicted molar refractivity (Wildman–Crippen MR) is 127 cm³/mol. The van der Waals surface area contributed by atoms with Crippen LogP contribution in [0.1, 0.15) is 29.3 Å². The van der Waals surface area contributed by atoms with E-state index in [2.05, 4.69) is 36.6 Å². The van der Waals surface area contributed by atoms with Crippen molar-refractivity contribution in [2.45, 2.75) is 32.7 Å². The Kier molecular flexibility index (Phi) is 5.58. The zero-order valence-electron chi connectivity index (χ0n) is 18.8. The molecule has 0 aliphatic carbocycles. The van der Waals surface area contributed by atoms with Crippen LogP contribution in [0.25, 0.3) is 11.0 Å². The van der Waals surface area contributed by atoms with Gasteiger partial charge in [0.1, 0.15) is 24.0 Å². The molecule has 0 saturated carbocycles. The van der Waals surface area contributed by atoms with Crippen molar-refractivity contribution >= 4 is 22.6 Å². The zero-order valence-corrected chi connectivity index (χ0v) is 18.8. The van der Waals surface area contributed by atoms with Gasteiger partial charge in [0.05, 0.1) is 17.6 Å². The number of benzene rings is 3. The van der Waals surface area contributed by atoms with E-state index in [1.54, 1.807) is 17.0 Å². The van der Waals surface area contributed by atoms with Gasteiger partial charge in [-0.1, -0.05) is 30.3 Å². The molecule has 0 N–H and O–H groups in total. The van der Waals surface area contributed by atoms with Crippen molar-refractivity contribution in [2.24, 2.45) is 0 Å². The van der Waals surface area contributed by atoms with Crippen LogP contribution < -0.4 is 9.64 Å². The Morgan fingerprint density at radius 1 is 1.00 bits per heavy atom. The molecular weight excluding hydrogens is 417 g/mol. The van der Waals surface area contributed by atoms with Crippen LogP contribution in [0.4, 0.5) is 10.1 Å². The number of carbonyl (C=O) groups is 1. The first-order chi connectivity index (χ1) is 16.0. The van der Waals surface area contributed by atoms with Crippen LogP contribution in [0.15, 0.2) is 66.7 Å². The lowest BCUT2D eigenvalue weighted by Crippen LogP contribution is -2.24. The topological polar surface area (TPSA) is 47.4 Å². The lowest BCUT2D eigenvalue weighted by molar-refractivity contribution is -0.117. The molecular formula is C27H26FN3O2. The van der Waals surface area contributed by atoms with E-state index in [1.165, 1.54) is 12.1 Å². The summed E-state index contributed by atoms with van der Waals surface area (Å²) in [5.74, 6) is 1.47. The molecule has 33 heavy (non-hydrogen) atoms. The number of imidazole rings is 1. The summed E-state index contributed by atoms with van der Waals surface area (Å²) < 4.78 is 21.7. The van der Waals surface area contributed by atoms with Gasteiger partial charge in [-0.3, -0.25) is 4.79 Å². The first-order valence-corrected chi connectivity index (χ1v) is 11.2. The third-order valence-electron chi connectivity index (χ3n) is 6.28. The third-order valence-corrected chi connectivity index (χ3v) is 6.28. The summed E-state index contributed by atoms with van der Waals surface area (Å²) in [5, 5.41) is 0. The number of carbonyl (C=O) groups excluding carboxylic acids is 1. The number of nitrogens with zero attached hydrogens (tertiary/aromatic N) is 3. The molecule has 0 unspecified atom stereocenters. The number of fused-ring (bicyclic) bond motifs is 1. The summed E-state index contributed by atoms with van der Waals surface area (Å²) in [7, 11) is 0. The second-order valence-electron chi connectivity index (χ2n) is 8.56. The predicted octanol–water partition coefficient (Wildman–Crippen LogP) is 5.39. The third kappa shape index (κ3) is 4.09. The van der Waals surface area contributed by atoms with Crippen LogP contribution in [0.3, 0.4) is 0 Å². The van der Waals surface area contributed by atoms with E-state index < -0.39 is 0 Å². The maximum absolute atomic E-state index is 13.3. The molecule has 168 valence electrons. The number of anilines is 1. The number of hydrogen-bond donors (Lipinski definition) is 0. The number of aryl methyl sites for hydroxylation is 2. The van der Waals surface area contributed by atoms with Crippen molar-refractivity contribution in [2.75, 3.05) is 18.1 Å². The smallest absolute Gasteiger partial charge is 0.227 e. The summed E-state index contributed by atoms with van der Waals surface area (Å²) >= 11 is 0. The Hall–Kier alpha value is -3.67. The SMILES string of the molecule is Cc1cccc(C)c1OCCn1c([C@@H]2CC(=O)N(c3ccc(F)cc3)C2)nc2ccccc21. The quantitative estimate of drug-likeness (QED) is 0.401. The minimum atomic E-state index is -0.312. The lowest BCUT2D eigenvalue weighted by Gasteiger charge is -2.18. The first kappa shape index (κ1) is 21.2. The Morgan fingerprint density at radius 3 is 2.48 bits per heavy atom. The fraction of sp³-hybridized carbons (Fsp3) is 0.259. The van der Waals surface area contributed by atoms with Crippen molar-refractivity contribution in [3.05, 3.63) is 89.5 Å². The Bertz CT molecular complexity index is 1290. The largest absolute Gasteiger partial charge is 0.491 e. The standard InChI is InChI=1S/C27H26FN3O2/c1-18-6-5-7-19(2)26(18)33-15-14-30-24-9-4-3-8-23(24)29-27(30)20-16-25(32)31(17-20)22-12-10-21(28)11-13-22/h3-13,20H,14-17H2,1-2H3/t20-/m1/s1. The highest BCUT2D eigenvalue weighted by atomic mass is 19.1. The van der Waals surface area contributed by atoms with Crippen molar-refractivity contribution in [3.8, 4) is 5.75 Å². The van der Waals surface area contributed by atoms with E-state index in [0.29, 0.717) is 31.8 Å². The summed E-state index contributed by atoms with van der Waals surface area (Å²) in [6.07, 6.45) is 0.373. The van der Waals surface area contributed by atoms with Gasteiger partial charge < -0.3 is 14.2 Å². The molecule has 1 atom stereocenters. The molecule has 1 aliphatic rings. The van der Waals surface area contributed by atoms with E-state index in [-0.39, 0.29) is 17.6 Å². The van der Waals surface area contributed by atoms with Crippen LogP contribution in [-0.4, -0.2) is 28.6 Å². The number of para-hydroxylation sites is 3. The van der Waals surface area contributed by atoms with Crippen molar-refractivity contribution in [1.29, 1.82) is 0 Å². The molecule has 6 heteroatoms. The van der Waals surface area contributed by atoms with Gasteiger partial charge >= 0.3 is 0 Å². The number of aromatic nitrogens is 2. The molecule has 0 bridgehead atoms. The molecule has 0 radical (unpaired) electrons. The normalized spacial score (nSPS) is 16.0. The number of ether oxygens (including phenoxy) is 1. The maximum atomic E-state index is 13.3. The summed E-state index contributed by atoms with van der Waals surface area (Å²) in [5.41, 5.74) is 4.88. The molecule has 2 heterocycles. The van der Waals surface area contributed by atoms with Crippen molar-refractivity contribution in [1.82, 2.24) is 9.55 Å². The maximum Gasteiger partial charge on any atom is 0.227 e. The fourth-order valence-electron chi connectivity index (χ4n) is 4.66. The van der Waals surface area contributed by atoms with Gasteiger partial charge in [0.2, 0.25) is 5.91 Å². The minimum absolute atomic E-state index is 0.0250. The molecule has 1 aliphatic heterocycles. The second-order valence-corrected chi connectivity index (χ2v) is 8.56. The zero-order chi connectivity index (χ0) is 22.9. The highest BCUT2D eigenvalue weighted by Crippen LogP contribution is 2.33. The molecule has 1 saturated heterocycles. The Morgan fingerprint density at radius 2 is 1.73 bits per heavy atom. The van der Waals surface area contributed by atoms with Crippen LogP contribution in [0.5, 0.6) is 5.75 Å². The van der Waals surface area contributed by atoms with Gasteiger partial charge in [-0.15, -0.1) is 0 Å². The van der Waals surface area contributed by atoms with Gasteiger partial charge in [0.15, 0.2) is 0 Å². The molecule has 1 amide bonds. The minimum Gasteiger partial charge on any atom is -0.491 e. The Balaban J connectivity index is 1.41.